The van der Waals surface area contributed by atoms with Crippen molar-refractivity contribution in [3.63, 3.8) is 0 Å². The predicted molar refractivity (Wildman–Crippen MR) is 97.1 cm³/mol. The molecule has 0 unspecified atom stereocenters. The molecule has 4 nitrogen and oxygen atoms in total. The maximum Gasteiger partial charge on any atom is 0.231 e. The Morgan fingerprint density at radius 1 is 1.12 bits per heavy atom. The monoisotopic (exact) mass is 343 g/mol. The molecule has 1 aliphatic heterocycles. The molecule has 24 heavy (non-hydrogen) atoms. The van der Waals surface area contributed by atoms with E-state index in [4.69, 9.17) is 9.47 Å². The third kappa shape index (κ3) is 4.23. The quantitative estimate of drug-likeness (QED) is 0.775. The zero-order chi connectivity index (χ0) is 16.9. The van der Waals surface area contributed by atoms with Gasteiger partial charge in [0.1, 0.15) is 0 Å². The molecule has 1 amide bonds. The van der Waals surface area contributed by atoms with Crippen LogP contribution in [0.5, 0.6) is 11.5 Å². The standard InChI is InChI=1S/C19H21NO3S/c1-13(2)14-3-6-16(7-4-14)24-10-9-19(21)20-15-5-8-17-18(11-15)23-12-22-17/h3-8,11,13H,9-10,12H2,1-2H3,(H,20,21). The summed E-state index contributed by atoms with van der Waals surface area (Å²) in [6, 6.07) is 14.0. The fourth-order valence-electron chi connectivity index (χ4n) is 2.41. The molecule has 0 saturated carbocycles. The second-order valence-corrected chi connectivity index (χ2v) is 7.11. The van der Waals surface area contributed by atoms with Gasteiger partial charge in [0.2, 0.25) is 12.7 Å². The lowest BCUT2D eigenvalue weighted by Gasteiger charge is -2.08. The van der Waals surface area contributed by atoms with E-state index in [1.54, 1.807) is 17.8 Å². The molecule has 3 rings (SSSR count). The van der Waals surface area contributed by atoms with Gasteiger partial charge in [0.05, 0.1) is 0 Å². The van der Waals surface area contributed by atoms with E-state index in [2.05, 4.69) is 43.4 Å². The zero-order valence-corrected chi connectivity index (χ0v) is 14.7. The molecule has 0 bridgehead atoms. The number of hydrogen-bond donors (Lipinski definition) is 1. The van der Waals surface area contributed by atoms with E-state index in [0.29, 0.717) is 23.8 Å². The molecule has 0 aliphatic carbocycles. The first-order valence-electron chi connectivity index (χ1n) is 8.04. The number of carbonyl (C=O) groups is 1. The lowest BCUT2D eigenvalue weighted by atomic mass is 10.0. The summed E-state index contributed by atoms with van der Waals surface area (Å²) in [6.07, 6.45) is 0.463. The summed E-state index contributed by atoms with van der Waals surface area (Å²) < 4.78 is 10.6. The normalized spacial score (nSPS) is 12.5. The van der Waals surface area contributed by atoms with Crippen molar-refractivity contribution in [3.8, 4) is 11.5 Å². The van der Waals surface area contributed by atoms with Crippen molar-refractivity contribution in [1.29, 1.82) is 0 Å². The molecule has 2 aromatic rings. The van der Waals surface area contributed by atoms with Gasteiger partial charge in [-0.3, -0.25) is 4.79 Å². The highest BCUT2D eigenvalue weighted by atomic mass is 32.2. The predicted octanol–water partition coefficient (Wildman–Crippen LogP) is 4.66. The van der Waals surface area contributed by atoms with Crippen LogP contribution in [-0.4, -0.2) is 18.5 Å². The van der Waals surface area contributed by atoms with Gasteiger partial charge in [0.15, 0.2) is 11.5 Å². The maximum atomic E-state index is 12.0. The first kappa shape index (κ1) is 16.7. The third-order valence-electron chi connectivity index (χ3n) is 3.80. The number of fused-ring (bicyclic) bond motifs is 1. The molecule has 1 aliphatic rings. The summed E-state index contributed by atoms with van der Waals surface area (Å²) in [5.74, 6) is 2.68. The Hall–Kier alpha value is -2.14. The largest absolute Gasteiger partial charge is 0.454 e. The topological polar surface area (TPSA) is 47.6 Å². The van der Waals surface area contributed by atoms with Gasteiger partial charge in [-0.1, -0.05) is 26.0 Å². The number of hydrogen-bond acceptors (Lipinski definition) is 4. The van der Waals surface area contributed by atoms with Crippen LogP contribution in [0.4, 0.5) is 5.69 Å². The summed E-state index contributed by atoms with van der Waals surface area (Å²) >= 11 is 1.69. The number of ether oxygens (including phenoxy) is 2. The molecule has 5 heteroatoms. The van der Waals surface area contributed by atoms with Gasteiger partial charge in [-0.25, -0.2) is 0 Å². The van der Waals surface area contributed by atoms with Crippen LogP contribution in [0, 0.1) is 0 Å². The molecule has 126 valence electrons. The second-order valence-electron chi connectivity index (χ2n) is 5.94. The molecule has 0 fully saturated rings. The van der Waals surface area contributed by atoms with Crippen molar-refractivity contribution < 1.29 is 14.3 Å². The minimum Gasteiger partial charge on any atom is -0.454 e. The van der Waals surface area contributed by atoms with E-state index in [1.807, 2.05) is 12.1 Å². The SMILES string of the molecule is CC(C)c1ccc(SCCC(=O)Nc2ccc3c(c2)OCO3)cc1. The Bertz CT molecular complexity index is 713. The van der Waals surface area contributed by atoms with Crippen molar-refractivity contribution in [1.82, 2.24) is 0 Å². The Morgan fingerprint density at radius 2 is 1.88 bits per heavy atom. The zero-order valence-electron chi connectivity index (χ0n) is 13.9. The fourth-order valence-corrected chi connectivity index (χ4v) is 3.26. The molecular weight excluding hydrogens is 322 g/mol. The van der Waals surface area contributed by atoms with Crippen molar-refractivity contribution in [2.24, 2.45) is 0 Å². The Morgan fingerprint density at radius 3 is 2.62 bits per heavy atom. The highest BCUT2D eigenvalue weighted by molar-refractivity contribution is 7.99. The fraction of sp³-hybridized carbons (Fsp3) is 0.316. The number of rotatable bonds is 6. The second kappa shape index (κ2) is 7.62. The number of anilines is 1. The summed E-state index contributed by atoms with van der Waals surface area (Å²) in [5, 5.41) is 2.89. The average Bonchev–Trinajstić information content (AvgIpc) is 3.03. The van der Waals surface area contributed by atoms with Gasteiger partial charge < -0.3 is 14.8 Å². The van der Waals surface area contributed by atoms with Crippen LogP contribution in [0.2, 0.25) is 0 Å². The number of benzene rings is 2. The molecule has 0 atom stereocenters. The van der Waals surface area contributed by atoms with Gasteiger partial charge in [-0.05, 0) is 35.7 Å². The van der Waals surface area contributed by atoms with Crippen LogP contribution in [0.15, 0.2) is 47.4 Å². The van der Waals surface area contributed by atoms with E-state index in [0.717, 1.165) is 11.4 Å². The molecule has 0 radical (unpaired) electrons. The molecule has 2 aromatic carbocycles. The van der Waals surface area contributed by atoms with E-state index in [1.165, 1.54) is 10.5 Å². The molecule has 0 spiro atoms. The third-order valence-corrected chi connectivity index (χ3v) is 4.81. The first-order valence-corrected chi connectivity index (χ1v) is 9.02. The molecular formula is C19H21NO3S. The van der Waals surface area contributed by atoms with E-state index in [9.17, 15) is 4.79 Å². The van der Waals surface area contributed by atoms with Crippen molar-refractivity contribution in [2.75, 3.05) is 17.9 Å². The van der Waals surface area contributed by atoms with Gasteiger partial charge in [-0.15, -0.1) is 11.8 Å². The summed E-state index contributed by atoms with van der Waals surface area (Å²) in [6.45, 7) is 4.60. The highest BCUT2D eigenvalue weighted by Crippen LogP contribution is 2.34. The molecule has 1 N–H and O–H groups in total. The van der Waals surface area contributed by atoms with Crippen LogP contribution in [0.3, 0.4) is 0 Å². The van der Waals surface area contributed by atoms with Crippen molar-refractivity contribution in [2.45, 2.75) is 31.1 Å². The van der Waals surface area contributed by atoms with Crippen LogP contribution < -0.4 is 14.8 Å². The van der Waals surface area contributed by atoms with Gasteiger partial charge in [0, 0.05) is 28.8 Å². The minimum absolute atomic E-state index is 0.000154. The lowest BCUT2D eigenvalue weighted by molar-refractivity contribution is -0.115. The van der Waals surface area contributed by atoms with Crippen LogP contribution in [0.25, 0.3) is 0 Å². The van der Waals surface area contributed by atoms with Crippen molar-refractivity contribution >= 4 is 23.4 Å². The number of nitrogens with one attached hydrogen (secondary N) is 1. The Labute approximate surface area is 146 Å². The van der Waals surface area contributed by atoms with Crippen LogP contribution in [-0.2, 0) is 4.79 Å². The van der Waals surface area contributed by atoms with Crippen LogP contribution in [0.1, 0.15) is 31.7 Å². The summed E-state index contributed by atoms with van der Waals surface area (Å²) in [7, 11) is 0. The number of carbonyl (C=O) groups excluding carboxylic acids is 1. The Kier molecular flexibility index (Phi) is 5.30. The summed E-state index contributed by atoms with van der Waals surface area (Å²) in [5.41, 5.74) is 2.07. The van der Waals surface area contributed by atoms with Crippen LogP contribution >= 0.6 is 11.8 Å². The number of amides is 1. The highest BCUT2D eigenvalue weighted by Gasteiger charge is 2.14. The molecule has 0 saturated heterocycles. The van der Waals surface area contributed by atoms with E-state index in [-0.39, 0.29) is 12.7 Å². The number of thioether (sulfide) groups is 1. The van der Waals surface area contributed by atoms with Gasteiger partial charge >= 0.3 is 0 Å². The average molecular weight is 343 g/mol. The first-order chi connectivity index (χ1) is 11.6. The summed E-state index contributed by atoms with van der Waals surface area (Å²) in [4.78, 5) is 13.2. The smallest absolute Gasteiger partial charge is 0.231 e. The molecule has 0 aromatic heterocycles. The van der Waals surface area contributed by atoms with Gasteiger partial charge in [-0.2, -0.15) is 0 Å². The van der Waals surface area contributed by atoms with Crippen molar-refractivity contribution in [3.05, 3.63) is 48.0 Å². The van der Waals surface area contributed by atoms with Gasteiger partial charge in [0.25, 0.3) is 0 Å². The Balaban J connectivity index is 1.45. The minimum atomic E-state index is 0.000154. The maximum absolute atomic E-state index is 12.0. The van der Waals surface area contributed by atoms with E-state index >= 15 is 0 Å². The van der Waals surface area contributed by atoms with E-state index < -0.39 is 0 Å². The lowest BCUT2D eigenvalue weighted by Crippen LogP contribution is -2.12. The molecule has 1 heterocycles.